The number of ketones is 1. The molecule has 1 aliphatic rings. The van der Waals surface area contributed by atoms with E-state index in [0.717, 1.165) is 12.0 Å². The summed E-state index contributed by atoms with van der Waals surface area (Å²) in [6.45, 7) is 1.56. The maximum Gasteiger partial charge on any atom is 0.281 e. The molecule has 0 saturated heterocycles. The molecule has 0 aliphatic heterocycles. The first-order valence-corrected chi connectivity index (χ1v) is 8.52. The minimum atomic E-state index is -3.59. The summed E-state index contributed by atoms with van der Waals surface area (Å²) < 4.78 is 27.0. The van der Waals surface area contributed by atoms with E-state index in [0.29, 0.717) is 0 Å². The number of rotatable bonds is 6. The van der Waals surface area contributed by atoms with Crippen LogP contribution in [0.5, 0.6) is 0 Å². The summed E-state index contributed by atoms with van der Waals surface area (Å²) in [5.74, 6) is 0.309. The molecular formula is C16H20N2O3S. The second-order valence-electron chi connectivity index (χ2n) is 5.54. The van der Waals surface area contributed by atoms with Crippen molar-refractivity contribution in [3.05, 3.63) is 42.1 Å². The summed E-state index contributed by atoms with van der Waals surface area (Å²) in [7, 11) is 0.140. The lowest BCUT2D eigenvalue weighted by molar-refractivity contribution is -0.115. The molecule has 1 aliphatic carbocycles. The average Bonchev–Trinajstić information content (AvgIpc) is 3.25. The van der Waals surface area contributed by atoms with Crippen LogP contribution < -0.4 is 0 Å². The number of benzene rings is 1. The van der Waals surface area contributed by atoms with Gasteiger partial charge in [-0.05, 0) is 43.0 Å². The summed E-state index contributed by atoms with van der Waals surface area (Å²) >= 11 is 0. The number of allylic oxidation sites excluding steroid dienone is 1. The van der Waals surface area contributed by atoms with Gasteiger partial charge in [-0.3, -0.25) is 4.79 Å². The Morgan fingerprint density at radius 2 is 1.91 bits per heavy atom. The van der Waals surface area contributed by atoms with Crippen LogP contribution in [0.4, 0.5) is 0 Å². The van der Waals surface area contributed by atoms with E-state index < -0.39 is 10.0 Å². The van der Waals surface area contributed by atoms with E-state index in [4.69, 9.17) is 0 Å². The van der Waals surface area contributed by atoms with Crippen LogP contribution in [0.15, 0.2) is 45.8 Å². The fourth-order valence-corrected chi connectivity index (χ4v) is 3.19. The Kier molecular flexibility index (Phi) is 4.81. The fraction of sp³-hybridized carbons (Fsp3) is 0.375. The van der Waals surface area contributed by atoms with Gasteiger partial charge >= 0.3 is 0 Å². The molecule has 0 radical (unpaired) electrons. The Morgan fingerprint density at radius 3 is 2.45 bits per heavy atom. The maximum atomic E-state index is 12.0. The van der Waals surface area contributed by atoms with Crippen LogP contribution in [0.1, 0.15) is 24.8 Å². The highest BCUT2D eigenvalue weighted by Crippen LogP contribution is 2.48. The zero-order valence-electron chi connectivity index (χ0n) is 12.9. The van der Waals surface area contributed by atoms with Gasteiger partial charge in [-0.15, -0.1) is 0 Å². The van der Waals surface area contributed by atoms with E-state index in [9.17, 15) is 13.2 Å². The van der Waals surface area contributed by atoms with E-state index in [-0.39, 0.29) is 22.5 Å². The minimum absolute atomic E-state index is 0.00678. The van der Waals surface area contributed by atoms with Crippen molar-refractivity contribution in [1.29, 1.82) is 0 Å². The Balaban J connectivity index is 2.06. The van der Waals surface area contributed by atoms with Crippen LogP contribution in [0.25, 0.3) is 0 Å². The number of carbonyl (C=O) groups excluding carboxylic acids is 1. The SMILES string of the molecule is CC=NS(=O)(=O)c1ccc(C2CC2C(=O)/C=C/N(C)C)cc1. The number of hydrogen-bond acceptors (Lipinski definition) is 4. The molecule has 6 heteroatoms. The van der Waals surface area contributed by atoms with Gasteiger partial charge in [0.05, 0.1) is 4.90 Å². The smallest absolute Gasteiger partial charge is 0.281 e. The molecule has 2 atom stereocenters. The second kappa shape index (κ2) is 6.44. The van der Waals surface area contributed by atoms with E-state index in [1.54, 1.807) is 43.5 Å². The van der Waals surface area contributed by atoms with Crippen molar-refractivity contribution < 1.29 is 13.2 Å². The van der Waals surface area contributed by atoms with Crippen molar-refractivity contribution in [2.75, 3.05) is 14.1 Å². The third-order valence-corrected chi connectivity index (χ3v) is 4.90. The maximum absolute atomic E-state index is 12.0. The fourth-order valence-electron chi connectivity index (χ4n) is 2.31. The van der Waals surface area contributed by atoms with Crippen LogP contribution in [0, 0.1) is 5.92 Å². The van der Waals surface area contributed by atoms with Gasteiger partial charge in [0.2, 0.25) is 0 Å². The molecule has 22 heavy (non-hydrogen) atoms. The molecule has 1 aromatic rings. The highest BCUT2D eigenvalue weighted by atomic mass is 32.2. The lowest BCUT2D eigenvalue weighted by Crippen LogP contribution is -2.04. The zero-order valence-corrected chi connectivity index (χ0v) is 13.7. The highest BCUT2D eigenvalue weighted by Gasteiger charge is 2.42. The van der Waals surface area contributed by atoms with E-state index in [1.165, 1.54) is 6.21 Å². The topological polar surface area (TPSA) is 66.8 Å². The first-order valence-electron chi connectivity index (χ1n) is 7.08. The van der Waals surface area contributed by atoms with Crippen LogP contribution in [-0.4, -0.2) is 39.4 Å². The molecule has 5 nitrogen and oxygen atoms in total. The summed E-state index contributed by atoms with van der Waals surface area (Å²) in [6.07, 6.45) is 5.42. The van der Waals surface area contributed by atoms with Crippen LogP contribution in [0.2, 0.25) is 0 Å². The Bertz CT molecular complexity index is 703. The Hall–Kier alpha value is -1.95. The van der Waals surface area contributed by atoms with Gasteiger partial charge in [0.25, 0.3) is 10.0 Å². The lowest BCUT2D eigenvalue weighted by Gasteiger charge is -2.03. The molecule has 0 spiro atoms. The van der Waals surface area contributed by atoms with Crippen molar-refractivity contribution in [1.82, 2.24) is 4.90 Å². The molecule has 118 valence electrons. The van der Waals surface area contributed by atoms with Gasteiger partial charge in [-0.25, -0.2) is 0 Å². The minimum Gasteiger partial charge on any atom is -0.383 e. The number of sulfonamides is 1. The largest absolute Gasteiger partial charge is 0.383 e. The van der Waals surface area contributed by atoms with Crippen molar-refractivity contribution in [2.24, 2.45) is 10.3 Å². The summed E-state index contributed by atoms with van der Waals surface area (Å²) in [5, 5.41) is 0. The van der Waals surface area contributed by atoms with Gasteiger partial charge < -0.3 is 4.90 Å². The molecule has 2 unspecified atom stereocenters. The van der Waals surface area contributed by atoms with Gasteiger partial charge in [0, 0.05) is 32.4 Å². The predicted molar refractivity (Wildman–Crippen MR) is 86.5 cm³/mol. The molecule has 0 bridgehead atoms. The monoisotopic (exact) mass is 320 g/mol. The molecular weight excluding hydrogens is 300 g/mol. The molecule has 2 rings (SSSR count). The van der Waals surface area contributed by atoms with Gasteiger partial charge in [0.1, 0.15) is 0 Å². The normalized spacial score (nSPS) is 21.4. The summed E-state index contributed by atoms with van der Waals surface area (Å²) in [4.78, 5) is 14.0. The summed E-state index contributed by atoms with van der Waals surface area (Å²) in [5.41, 5.74) is 0.996. The van der Waals surface area contributed by atoms with Crippen LogP contribution >= 0.6 is 0 Å². The molecule has 0 aromatic heterocycles. The van der Waals surface area contributed by atoms with Gasteiger partial charge in [-0.1, -0.05) is 12.1 Å². The van der Waals surface area contributed by atoms with Crippen LogP contribution in [0.3, 0.4) is 0 Å². The molecule has 0 amide bonds. The van der Waals surface area contributed by atoms with Crippen molar-refractivity contribution in [3.63, 3.8) is 0 Å². The molecule has 1 saturated carbocycles. The molecule has 1 fully saturated rings. The second-order valence-corrected chi connectivity index (χ2v) is 7.17. The Labute approximate surface area is 131 Å². The van der Waals surface area contributed by atoms with Crippen molar-refractivity contribution in [3.8, 4) is 0 Å². The van der Waals surface area contributed by atoms with E-state index in [1.807, 2.05) is 19.0 Å². The van der Waals surface area contributed by atoms with E-state index in [2.05, 4.69) is 4.40 Å². The molecule has 0 heterocycles. The number of nitrogens with zero attached hydrogens (tertiary/aromatic N) is 2. The third kappa shape index (κ3) is 3.82. The standard InChI is InChI=1S/C16H20N2O3S/c1-4-17-22(20,21)13-7-5-12(6-8-13)14-11-15(14)16(19)9-10-18(2)3/h4-10,14-15H,11H2,1-3H3/b10-9+,17-4?. The van der Waals surface area contributed by atoms with Crippen molar-refractivity contribution >= 4 is 22.0 Å². The van der Waals surface area contributed by atoms with Gasteiger partial charge in [0.15, 0.2) is 5.78 Å². The molecule has 1 aromatic carbocycles. The first kappa shape index (κ1) is 16.4. The average molecular weight is 320 g/mol. The van der Waals surface area contributed by atoms with Gasteiger partial charge in [-0.2, -0.15) is 12.8 Å². The lowest BCUT2D eigenvalue weighted by atomic mass is 10.1. The van der Waals surface area contributed by atoms with Crippen LogP contribution in [-0.2, 0) is 14.8 Å². The zero-order chi connectivity index (χ0) is 16.3. The van der Waals surface area contributed by atoms with Crippen molar-refractivity contribution in [2.45, 2.75) is 24.2 Å². The van der Waals surface area contributed by atoms with E-state index >= 15 is 0 Å². The third-order valence-electron chi connectivity index (χ3n) is 3.54. The summed E-state index contributed by atoms with van der Waals surface area (Å²) in [6, 6.07) is 6.64. The quantitative estimate of drug-likeness (QED) is 0.595. The Morgan fingerprint density at radius 1 is 1.27 bits per heavy atom. The molecule has 0 N–H and O–H groups in total. The number of hydrogen-bond donors (Lipinski definition) is 0. The highest BCUT2D eigenvalue weighted by molar-refractivity contribution is 7.90. The number of carbonyl (C=O) groups is 1. The predicted octanol–water partition coefficient (Wildman–Crippen LogP) is 2.21. The first-order chi connectivity index (χ1) is 10.3.